The molecule has 2 N–H and O–H groups in total. The van der Waals surface area contributed by atoms with Gasteiger partial charge in [-0.25, -0.2) is 0 Å². The number of nitrogens with zero attached hydrogens (tertiary/aromatic N) is 3. The van der Waals surface area contributed by atoms with Gasteiger partial charge in [0.15, 0.2) is 0 Å². The molecule has 1 aromatic heterocycles. The van der Waals surface area contributed by atoms with Crippen molar-refractivity contribution in [2.24, 2.45) is 11.8 Å². The van der Waals surface area contributed by atoms with Gasteiger partial charge in [-0.3, -0.25) is 14.4 Å². The Morgan fingerprint density at radius 2 is 2.10 bits per heavy atom. The van der Waals surface area contributed by atoms with Crippen molar-refractivity contribution < 1.29 is 24.0 Å². The number of fused-ring (bicyclic) bond motifs is 1. The van der Waals surface area contributed by atoms with E-state index >= 15 is 0 Å². The summed E-state index contributed by atoms with van der Waals surface area (Å²) in [6.45, 7) is 2.51. The zero-order valence-electron chi connectivity index (χ0n) is 17.8. The number of carbonyl (C=O) groups excluding carboxylic acids is 2. The Hall–Kier alpha value is -3.23. The summed E-state index contributed by atoms with van der Waals surface area (Å²) in [5.74, 6) is 2.15. The van der Waals surface area contributed by atoms with Crippen molar-refractivity contribution in [3.63, 3.8) is 0 Å². The smallest absolute Gasteiger partial charge is 0.290 e. The number of benzene rings is 1. The monoisotopic (exact) mass is 428 g/mol. The standard InChI is InChI=1S/C21H26N4O3.CH2O2/c1-13-4-3-5-14(8-13)21-23-19(28-24-21)6-7-20(27)25(2)17-9-15-11-18(26)22-12-16(15)10-17;2-1-3/h3-5,8,15-17H,6-7,9-12H2,1-2H3,(H,22,26);1H,(H,2,3)/t15-,16+,17-;/m0./s1. The van der Waals surface area contributed by atoms with E-state index in [4.69, 9.17) is 14.4 Å². The van der Waals surface area contributed by atoms with Crippen molar-refractivity contribution in [3.8, 4) is 11.4 Å². The van der Waals surface area contributed by atoms with Crippen LogP contribution in [0.2, 0.25) is 0 Å². The molecular weight excluding hydrogens is 400 g/mol. The number of amides is 2. The van der Waals surface area contributed by atoms with Gasteiger partial charge in [0.1, 0.15) is 0 Å². The molecule has 2 aliphatic rings. The lowest BCUT2D eigenvalue weighted by Gasteiger charge is -2.24. The fraction of sp³-hybridized carbons (Fsp3) is 0.500. The maximum Gasteiger partial charge on any atom is 0.290 e. The average Bonchev–Trinajstić information content (AvgIpc) is 3.39. The van der Waals surface area contributed by atoms with Crippen molar-refractivity contribution in [2.75, 3.05) is 13.6 Å². The molecule has 4 rings (SSSR count). The van der Waals surface area contributed by atoms with Crippen LogP contribution in [0.25, 0.3) is 11.4 Å². The van der Waals surface area contributed by atoms with Gasteiger partial charge in [-0.2, -0.15) is 4.98 Å². The van der Waals surface area contributed by atoms with Gasteiger partial charge < -0.3 is 19.8 Å². The molecule has 9 heteroatoms. The third-order valence-electron chi connectivity index (χ3n) is 6.06. The second-order valence-corrected chi connectivity index (χ2v) is 8.14. The van der Waals surface area contributed by atoms with E-state index in [1.165, 1.54) is 0 Å². The quantitative estimate of drug-likeness (QED) is 0.698. The number of piperidine rings is 1. The Kier molecular flexibility index (Phi) is 7.38. The summed E-state index contributed by atoms with van der Waals surface area (Å²) in [6, 6.07) is 8.14. The van der Waals surface area contributed by atoms with Gasteiger partial charge in [-0.05, 0) is 37.7 Å². The van der Waals surface area contributed by atoms with Gasteiger partial charge in [0.2, 0.25) is 23.5 Å². The Morgan fingerprint density at radius 3 is 2.84 bits per heavy atom. The van der Waals surface area contributed by atoms with Gasteiger partial charge in [0.25, 0.3) is 6.47 Å². The van der Waals surface area contributed by atoms with Crippen LogP contribution in [-0.2, 0) is 20.8 Å². The minimum atomic E-state index is -0.250. The van der Waals surface area contributed by atoms with Crippen molar-refractivity contribution in [3.05, 3.63) is 35.7 Å². The van der Waals surface area contributed by atoms with Gasteiger partial charge in [0.05, 0.1) is 0 Å². The Morgan fingerprint density at radius 1 is 1.35 bits per heavy atom. The van der Waals surface area contributed by atoms with Crippen molar-refractivity contribution in [1.82, 2.24) is 20.4 Å². The normalized spacial score (nSPS) is 22.0. The van der Waals surface area contributed by atoms with Gasteiger partial charge in [-0.15, -0.1) is 0 Å². The minimum absolute atomic E-state index is 0.0817. The molecule has 1 aliphatic heterocycles. The first-order valence-corrected chi connectivity index (χ1v) is 10.4. The van der Waals surface area contributed by atoms with Gasteiger partial charge in [0, 0.05) is 44.5 Å². The fourth-order valence-electron chi connectivity index (χ4n) is 4.40. The highest BCUT2D eigenvalue weighted by Crippen LogP contribution is 2.38. The third kappa shape index (κ3) is 5.68. The highest BCUT2D eigenvalue weighted by molar-refractivity contribution is 5.78. The number of aryl methyl sites for hydroxylation is 2. The van der Waals surface area contributed by atoms with Gasteiger partial charge >= 0.3 is 0 Å². The summed E-state index contributed by atoms with van der Waals surface area (Å²) in [5.41, 5.74) is 2.05. The lowest BCUT2D eigenvalue weighted by atomic mass is 9.89. The van der Waals surface area contributed by atoms with Crippen molar-refractivity contribution in [1.29, 1.82) is 0 Å². The van der Waals surface area contributed by atoms with Crippen LogP contribution in [0.3, 0.4) is 0 Å². The first-order valence-electron chi connectivity index (χ1n) is 10.4. The van der Waals surface area contributed by atoms with Crippen LogP contribution >= 0.6 is 0 Å². The predicted octanol–water partition coefficient (Wildman–Crippen LogP) is 2.05. The van der Waals surface area contributed by atoms with E-state index in [9.17, 15) is 9.59 Å². The summed E-state index contributed by atoms with van der Waals surface area (Å²) in [5, 5.41) is 13.9. The summed E-state index contributed by atoms with van der Waals surface area (Å²) in [6.07, 6.45) is 3.24. The number of carbonyl (C=O) groups is 3. The first-order chi connectivity index (χ1) is 14.9. The van der Waals surface area contributed by atoms with Crippen molar-refractivity contribution >= 4 is 18.3 Å². The Labute approximate surface area is 180 Å². The van der Waals surface area contributed by atoms with Crippen LogP contribution in [0.1, 0.15) is 37.1 Å². The molecule has 0 spiro atoms. The highest BCUT2D eigenvalue weighted by atomic mass is 16.5. The molecule has 3 atom stereocenters. The average molecular weight is 428 g/mol. The van der Waals surface area contributed by atoms with Crippen LogP contribution in [0, 0.1) is 18.8 Å². The van der Waals surface area contributed by atoms with Crippen LogP contribution < -0.4 is 5.32 Å². The third-order valence-corrected chi connectivity index (χ3v) is 6.06. The molecule has 9 nitrogen and oxygen atoms in total. The zero-order valence-corrected chi connectivity index (χ0v) is 17.8. The lowest BCUT2D eigenvalue weighted by molar-refractivity contribution is -0.132. The second kappa shape index (κ2) is 10.2. The van der Waals surface area contributed by atoms with Crippen LogP contribution in [0.15, 0.2) is 28.8 Å². The molecule has 0 bridgehead atoms. The molecule has 2 amide bonds. The largest absolute Gasteiger partial charge is 0.483 e. The number of hydrogen-bond acceptors (Lipinski definition) is 6. The summed E-state index contributed by atoms with van der Waals surface area (Å²) >= 11 is 0. The van der Waals surface area contributed by atoms with Crippen molar-refractivity contribution in [2.45, 2.75) is 45.1 Å². The summed E-state index contributed by atoms with van der Waals surface area (Å²) in [7, 11) is 1.87. The molecule has 1 saturated carbocycles. The molecule has 1 saturated heterocycles. The molecular formula is C22H28N4O5. The molecule has 166 valence electrons. The molecule has 2 aromatic rings. The summed E-state index contributed by atoms with van der Waals surface area (Å²) in [4.78, 5) is 38.9. The van der Waals surface area contributed by atoms with Crippen LogP contribution in [-0.4, -0.2) is 58.1 Å². The molecule has 0 unspecified atom stereocenters. The van der Waals surface area contributed by atoms with Crippen LogP contribution in [0.4, 0.5) is 0 Å². The second-order valence-electron chi connectivity index (χ2n) is 8.14. The number of rotatable bonds is 5. The zero-order chi connectivity index (χ0) is 22.4. The number of hydrogen-bond donors (Lipinski definition) is 2. The molecule has 0 radical (unpaired) electrons. The van der Waals surface area contributed by atoms with E-state index in [2.05, 4.69) is 15.5 Å². The molecule has 1 aromatic carbocycles. The van der Waals surface area contributed by atoms with E-state index in [0.29, 0.717) is 42.8 Å². The lowest BCUT2D eigenvalue weighted by Crippen LogP contribution is -2.38. The number of carboxylic acid groups (broad SMARTS) is 1. The molecule has 2 heterocycles. The maximum absolute atomic E-state index is 12.6. The predicted molar refractivity (Wildman–Crippen MR) is 112 cm³/mol. The maximum atomic E-state index is 12.6. The van der Waals surface area contributed by atoms with Crippen LogP contribution in [0.5, 0.6) is 0 Å². The molecule has 2 fully saturated rings. The first kappa shape index (κ1) is 22.5. The van der Waals surface area contributed by atoms with Gasteiger partial charge in [-0.1, -0.05) is 28.9 Å². The van der Waals surface area contributed by atoms with E-state index in [-0.39, 0.29) is 24.3 Å². The van der Waals surface area contributed by atoms with E-state index in [1.807, 2.05) is 43.1 Å². The number of nitrogens with one attached hydrogen (secondary N) is 1. The topological polar surface area (TPSA) is 126 Å². The Bertz CT molecular complexity index is 928. The Balaban J connectivity index is 0.000000858. The SMILES string of the molecule is Cc1cccc(-c2noc(CCC(=O)N(C)[C@H]3C[C@H]4CC(=O)NC[C@H]4C3)n2)c1.O=CO. The molecule has 1 aliphatic carbocycles. The van der Waals surface area contributed by atoms with E-state index in [1.54, 1.807) is 0 Å². The summed E-state index contributed by atoms with van der Waals surface area (Å²) < 4.78 is 5.33. The number of aromatic nitrogens is 2. The molecule has 31 heavy (non-hydrogen) atoms. The van der Waals surface area contributed by atoms with E-state index in [0.717, 1.165) is 30.5 Å². The fourth-order valence-corrected chi connectivity index (χ4v) is 4.40. The van der Waals surface area contributed by atoms with E-state index < -0.39 is 0 Å². The minimum Gasteiger partial charge on any atom is -0.483 e. The highest BCUT2D eigenvalue weighted by Gasteiger charge is 2.40.